The Morgan fingerprint density at radius 1 is 1.30 bits per heavy atom. The van der Waals surface area contributed by atoms with Gasteiger partial charge in [-0.05, 0) is 29.7 Å². The second-order valence-corrected chi connectivity index (χ2v) is 5.71. The SMILES string of the molecule is CN(CC(=O)N1CCc2ccccc2C1)c1ccc(C#N)cn1. The van der Waals surface area contributed by atoms with Crippen molar-refractivity contribution in [1.29, 1.82) is 5.26 Å². The molecule has 0 bridgehead atoms. The van der Waals surface area contributed by atoms with Crippen molar-refractivity contribution in [2.24, 2.45) is 0 Å². The molecule has 3 rings (SSSR count). The van der Waals surface area contributed by atoms with Crippen LogP contribution >= 0.6 is 0 Å². The molecule has 0 fully saturated rings. The van der Waals surface area contributed by atoms with Crippen LogP contribution in [-0.4, -0.2) is 35.9 Å². The number of carbonyl (C=O) groups is 1. The van der Waals surface area contributed by atoms with Gasteiger partial charge in [-0.1, -0.05) is 24.3 Å². The zero-order valence-corrected chi connectivity index (χ0v) is 13.1. The first-order chi connectivity index (χ1) is 11.2. The number of fused-ring (bicyclic) bond motifs is 1. The van der Waals surface area contributed by atoms with Crippen LogP contribution in [0.5, 0.6) is 0 Å². The lowest BCUT2D eigenvalue weighted by Crippen LogP contribution is -2.41. The lowest BCUT2D eigenvalue weighted by molar-refractivity contribution is -0.130. The van der Waals surface area contributed by atoms with Crippen LogP contribution in [0.2, 0.25) is 0 Å². The Balaban J connectivity index is 1.64. The highest BCUT2D eigenvalue weighted by Crippen LogP contribution is 2.19. The average molecular weight is 306 g/mol. The molecule has 0 saturated heterocycles. The van der Waals surface area contributed by atoms with Crippen molar-refractivity contribution in [1.82, 2.24) is 9.88 Å². The maximum Gasteiger partial charge on any atom is 0.242 e. The number of pyridine rings is 1. The molecular weight excluding hydrogens is 288 g/mol. The number of hydrogen-bond acceptors (Lipinski definition) is 4. The Morgan fingerprint density at radius 3 is 2.78 bits per heavy atom. The van der Waals surface area contributed by atoms with Crippen molar-refractivity contribution in [2.45, 2.75) is 13.0 Å². The van der Waals surface area contributed by atoms with Crippen molar-refractivity contribution in [3.05, 3.63) is 59.3 Å². The van der Waals surface area contributed by atoms with Gasteiger partial charge in [0.15, 0.2) is 0 Å². The number of hydrogen-bond donors (Lipinski definition) is 0. The first kappa shape index (κ1) is 15.0. The molecule has 1 amide bonds. The van der Waals surface area contributed by atoms with Gasteiger partial charge in [0.1, 0.15) is 11.9 Å². The van der Waals surface area contributed by atoms with Gasteiger partial charge >= 0.3 is 0 Å². The van der Waals surface area contributed by atoms with E-state index in [1.807, 2.05) is 35.0 Å². The second-order valence-electron chi connectivity index (χ2n) is 5.71. The predicted molar refractivity (Wildman–Crippen MR) is 87.8 cm³/mol. The fourth-order valence-corrected chi connectivity index (χ4v) is 2.77. The maximum atomic E-state index is 12.5. The predicted octanol–water partition coefficient (Wildman–Crippen LogP) is 1.97. The summed E-state index contributed by atoms with van der Waals surface area (Å²) in [5, 5.41) is 8.80. The van der Waals surface area contributed by atoms with Gasteiger partial charge in [0.05, 0.1) is 12.1 Å². The van der Waals surface area contributed by atoms with Gasteiger partial charge in [-0.25, -0.2) is 4.98 Å². The van der Waals surface area contributed by atoms with Crippen LogP contribution < -0.4 is 4.90 Å². The molecule has 0 atom stereocenters. The summed E-state index contributed by atoms with van der Waals surface area (Å²) in [5.74, 6) is 0.780. The Hall–Kier alpha value is -2.87. The summed E-state index contributed by atoms with van der Waals surface area (Å²) in [5.41, 5.74) is 3.08. The highest BCUT2D eigenvalue weighted by atomic mass is 16.2. The Morgan fingerprint density at radius 2 is 2.09 bits per heavy atom. The summed E-state index contributed by atoms with van der Waals surface area (Å²) in [4.78, 5) is 20.4. The molecule has 23 heavy (non-hydrogen) atoms. The molecule has 1 aliphatic rings. The standard InChI is InChI=1S/C18H18N4O/c1-21(17-7-6-14(10-19)11-20-17)13-18(23)22-9-8-15-4-2-3-5-16(15)12-22/h2-7,11H,8-9,12-13H2,1H3. The van der Waals surface area contributed by atoms with Gasteiger partial charge in [0.2, 0.25) is 5.91 Å². The third kappa shape index (κ3) is 3.32. The number of likely N-dealkylation sites (N-methyl/N-ethyl adjacent to an activating group) is 1. The van der Waals surface area contributed by atoms with Crippen molar-refractivity contribution >= 4 is 11.7 Å². The smallest absolute Gasteiger partial charge is 0.242 e. The molecule has 0 aliphatic carbocycles. The van der Waals surface area contributed by atoms with E-state index in [1.165, 1.54) is 17.3 Å². The molecule has 116 valence electrons. The molecule has 0 unspecified atom stereocenters. The third-order valence-electron chi connectivity index (χ3n) is 4.12. The third-order valence-corrected chi connectivity index (χ3v) is 4.12. The Labute approximate surface area is 135 Å². The van der Waals surface area contributed by atoms with Gasteiger partial charge in [0.25, 0.3) is 0 Å². The van der Waals surface area contributed by atoms with E-state index >= 15 is 0 Å². The van der Waals surface area contributed by atoms with Gasteiger partial charge in [-0.15, -0.1) is 0 Å². The minimum Gasteiger partial charge on any atom is -0.350 e. The number of nitriles is 1. The number of nitrogens with zero attached hydrogens (tertiary/aromatic N) is 4. The molecule has 5 nitrogen and oxygen atoms in total. The first-order valence-electron chi connectivity index (χ1n) is 7.59. The van der Waals surface area contributed by atoms with Crippen LogP contribution in [0, 0.1) is 11.3 Å². The largest absolute Gasteiger partial charge is 0.350 e. The molecule has 1 aromatic carbocycles. The van der Waals surface area contributed by atoms with Crippen LogP contribution in [0.1, 0.15) is 16.7 Å². The van der Waals surface area contributed by atoms with Crippen LogP contribution in [0.25, 0.3) is 0 Å². The highest BCUT2D eigenvalue weighted by Gasteiger charge is 2.21. The molecule has 0 radical (unpaired) electrons. The summed E-state index contributed by atoms with van der Waals surface area (Å²) >= 11 is 0. The number of amides is 1. The number of benzene rings is 1. The summed E-state index contributed by atoms with van der Waals surface area (Å²) in [6, 6.07) is 13.8. The minimum atomic E-state index is 0.0909. The fraction of sp³-hybridized carbons (Fsp3) is 0.278. The Kier molecular flexibility index (Phi) is 4.24. The van der Waals surface area contributed by atoms with E-state index < -0.39 is 0 Å². The summed E-state index contributed by atoms with van der Waals surface area (Å²) in [6.07, 6.45) is 2.42. The summed E-state index contributed by atoms with van der Waals surface area (Å²) in [6.45, 7) is 1.70. The van der Waals surface area contributed by atoms with Crippen molar-refractivity contribution in [2.75, 3.05) is 25.0 Å². The van der Waals surface area contributed by atoms with Crippen LogP contribution in [0.3, 0.4) is 0 Å². The number of rotatable bonds is 3. The molecule has 5 heteroatoms. The van der Waals surface area contributed by atoms with E-state index in [-0.39, 0.29) is 12.5 Å². The molecule has 2 heterocycles. The normalized spacial score (nSPS) is 13.1. The molecule has 2 aromatic rings. The molecular formula is C18H18N4O. The van der Waals surface area contributed by atoms with Crippen molar-refractivity contribution < 1.29 is 4.79 Å². The fourth-order valence-electron chi connectivity index (χ4n) is 2.77. The number of aromatic nitrogens is 1. The van der Waals surface area contributed by atoms with Crippen LogP contribution in [-0.2, 0) is 17.8 Å². The van der Waals surface area contributed by atoms with Crippen molar-refractivity contribution in [3.63, 3.8) is 0 Å². The monoisotopic (exact) mass is 306 g/mol. The van der Waals surface area contributed by atoms with Crippen LogP contribution in [0.4, 0.5) is 5.82 Å². The van der Waals surface area contributed by atoms with Crippen LogP contribution in [0.15, 0.2) is 42.6 Å². The lowest BCUT2D eigenvalue weighted by atomic mass is 10.00. The zero-order chi connectivity index (χ0) is 16.2. The highest BCUT2D eigenvalue weighted by molar-refractivity contribution is 5.81. The molecule has 0 saturated carbocycles. The van der Waals surface area contributed by atoms with E-state index in [0.29, 0.717) is 17.9 Å². The van der Waals surface area contributed by atoms with E-state index in [2.05, 4.69) is 17.1 Å². The van der Waals surface area contributed by atoms with E-state index in [1.54, 1.807) is 12.1 Å². The Bertz CT molecular complexity index is 748. The first-order valence-corrected chi connectivity index (χ1v) is 7.59. The molecule has 0 spiro atoms. The summed E-state index contributed by atoms with van der Waals surface area (Å²) < 4.78 is 0. The zero-order valence-electron chi connectivity index (χ0n) is 13.1. The van der Waals surface area contributed by atoms with Gasteiger partial charge in [0, 0.05) is 26.3 Å². The minimum absolute atomic E-state index is 0.0909. The lowest BCUT2D eigenvalue weighted by Gasteiger charge is -2.30. The van der Waals surface area contributed by atoms with E-state index in [0.717, 1.165) is 13.0 Å². The van der Waals surface area contributed by atoms with E-state index in [9.17, 15) is 4.79 Å². The molecule has 1 aromatic heterocycles. The average Bonchev–Trinajstić information content (AvgIpc) is 2.61. The summed E-state index contributed by atoms with van der Waals surface area (Å²) in [7, 11) is 1.84. The number of carbonyl (C=O) groups excluding carboxylic acids is 1. The second kappa shape index (κ2) is 6.49. The van der Waals surface area contributed by atoms with Gasteiger partial charge < -0.3 is 9.80 Å². The van der Waals surface area contributed by atoms with Crippen molar-refractivity contribution in [3.8, 4) is 6.07 Å². The van der Waals surface area contributed by atoms with Gasteiger partial charge in [-0.2, -0.15) is 5.26 Å². The molecule has 1 aliphatic heterocycles. The van der Waals surface area contributed by atoms with E-state index in [4.69, 9.17) is 5.26 Å². The maximum absolute atomic E-state index is 12.5. The molecule has 0 N–H and O–H groups in total. The van der Waals surface area contributed by atoms with Gasteiger partial charge in [-0.3, -0.25) is 4.79 Å². The topological polar surface area (TPSA) is 60.2 Å². The quantitative estimate of drug-likeness (QED) is 0.870. The number of anilines is 1.